The Morgan fingerprint density at radius 3 is 2.45 bits per heavy atom. The first-order chi connectivity index (χ1) is 15.9. The third-order valence-corrected chi connectivity index (χ3v) is 6.70. The number of carbonyl (C=O) groups excluding carboxylic acids is 1. The van der Waals surface area contributed by atoms with E-state index < -0.39 is 11.6 Å². The molecule has 0 aromatic heterocycles. The van der Waals surface area contributed by atoms with Gasteiger partial charge in [-0.25, -0.2) is 8.78 Å². The Morgan fingerprint density at radius 1 is 1.03 bits per heavy atom. The second-order valence-corrected chi connectivity index (χ2v) is 9.30. The average Bonchev–Trinajstić information content (AvgIpc) is 2.77. The lowest BCUT2D eigenvalue weighted by Crippen LogP contribution is -2.51. The zero-order valence-electron chi connectivity index (χ0n) is 18.1. The summed E-state index contributed by atoms with van der Waals surface area (Å²) in [6, 6.07) is 8.48. The molecule has 0 saturated carbocycles. The number of halogens is 4. The lowest BCUT2D eigenvalue weighted by atomic mass is 10.1. The van der Waals surface area contributed by atoms with Crippen molar-refractivity contribution in [2.24, 2.45) is 0 Å². The molecule has 5 nitrogen and oxygen atoms in total. The molecular formula is C24H26Cl2F2N2O3. The molecule has 2 aliphatic heterocycles. The van der Waals surface area contributed by atoms with Crippen LogP contribution >= 0.6 is 23.2 Å². The van der Waals surface area contributed by atoms with Crippen LogP contribution < -0.4 is 4.74 Å². The molecule has 2 aromatic carbocycles. The summed E-state index contributed by atoms with van der Waals surface area (Å²) in [7, 11) is 0. The van der Waals surface area contributed by atoms with Crippen LogP contribution in [0.4, 0.5) is 8.78 Å². The first-order valence-corrected chi connectivity index (χ1v) is 11.8. The lowest BCUT2D eigenvalue weighted by molar-refractivity contribution is -0.139. The third-order valence-electron chi connectivity index (χ3n) is 5.96. The number of morpholine rings is 1. The predicted octanol–water partition coefficient (Wildman–Crippen LogP) is 4.58. The van der Waals surface area contributed by atoms with Crippen molar-refractivity contribution < 1.29 is 23.0 Å². The van der Waals surface area contributed by atoms with Crippen molar-refractivity contribution in [3.05, 3.63) is 63.6 Å². The van der Waals surface area contributed by atoms with Crippen molar-refractivity contribution in [2.75, 3.05) is 39.3 Å². The number of piperidine rings is 1. The number of benzene rings is 2. The standard InChI is InChI=1S/C24H26Cl2F2N2O3/c25-22-2-1-20(13-23(22)26)33-19-3-5-29(6-4-19)14-21-15-30(7-8-32-21)24(31)11-16-9-17(27)12-18(28)10-16/h1-2,9-10,12-13,19,21H,3-8,11,14-15H2. The van der Waals surface area contributed by atoms with Gasteiger partial charge in [0, 0.05) is 44.9 Å². The smallest absolute Gasteiger partial charge is 0.227 e. The van der Waals surface area contributed by atoms with E-state index >= 15 is 0 Å². The van der Waals surface area contributed by atoms with Crippen molar-refractivity contribution in [3.63, 3.8) is 0 Å². The monoisotopic (exact) mass is 498 g/mol. The fourth-order valence-corrected chi connectivity index (χ4v) is 4.58. The Hall–Kier alpha value is -1.93. The molecule has 33 heavy (non-hydrogen) atoms. The molecule has 2 aliphatic rings. The minimum absolute atomic E-state index is 0.0289. The minimum atomic E-state index is -0.677. The van der Waals surface area contributed by atoms with Crippen molar-refractivity contribution in [1.29, 1.82) is 0 Å². The van der Waals surface area contributed by atoms with E-state index in [-0.39, 0.29) is 24.5 Å². The van der Waals surface area contributed by atoms with E-state index in [1.165, 1.54) is 12.1 Å². The molecule has 1 amide bonds. The van der Waals surface area contributed by atoms with Crippen molar-refractivity contribution in [1.82, 2.24) is 9.80 Å². The first kappa shape index (κ1) is 24.2. The van der Waals surface area contributed by atoms with Gasteiger partial charge < -0.3 is 19.3 Å². The van der Waals surface area contributed by atoms with Crippen molar-refractivity contribution in [2.45, 2.75) is 31.5 Å². The molecule has 2 aromatic rings. The van der Waals surface area contributed by atoms with E-state index in [9.17, 15) is 13.6 Å². The number of hydrogen-bond acceptors (Lipinski definition) is 4. The highest BCUT2D eigenvalue weighted by Gasteiger charge is 2.28. The summed E-state index contributed by atoms with van der Waals surface area (Å²) >= 11 is 12.0. The van der Waals surface area contributed by atoms with E-state index in [2.05, 4.69) is 4.90 Å². The predicted molar refractivity (Wildman–Crippen MR) is 123 cm³/mol. The number of nitrogens with zero attached hydrogens (tertiary/aromatic N) is 2. The van der Waals surface area contributed by atoms with Crippen molar-refractivity contribution >= 4 is 29.1 Å². The molecule has 4 rings (SSSR count). The van der Waals surface area contributed by atoms with Crippen LogP contribution in [-0.4, -0.2) is 67.2 Å². The second-order valence-electron chi connectivity index (χ2n) is 8.48. The molecule has 0 spiro atoms. The van der Waals surface area contributed by atoms with Crippen molar-refractivity contribution in [3.8, 4) is 5.75 Å². The fourth-order valence-electron chi connectivity index (χ4n) is 4.30. The molecule has 0 N–H and O–H groups in total. The van der Waals surface area contributed by atoms with Gasteiger partial charge in [0.15, 0.2) is 0 Å². The maximum Gasteiger partial charge on any atom is 0.227 e. The summed E-state index contributed by atoms with van der Waals surface area (Å²) in [6.45, 7) is 3.84. The highest BCUT2D eigenvalue weighted by Crippen LogP contribution is 2.28. The van der Waals surface area contributed by atoms with E-state index in [1.807, 2.05) is 6.07 Å². The molecular weight excluding hydrogens is 473 g/mol. The quantitative estimate of drug-likeness (QED) is 0.584. The summed E-state index contributed by atoms with van der Waals surface area (Å²) in [6.07, 6.45) is 1.73. The molecule has 2 heterocycles. The van der Waals surface area contributed by atoms with Gasteiger partial charge in [0.25, 0.3) is 0 Å². The molecule has 1 atom stereocenters. The van der Waals surface area contributed by atoms with Gasteiger partial charge in [-0.3, -0.25) is 4.79 Å². The Labute approximate surface area is 202 Å². The van der Waals surface area contributed by atoms with Crippen LogP contribution in [0.15, 0.2) is 36.4 Å². The summed E-state index contributed by atoms with van der Waals surface area (Å²) < 4.78 is 38.8. The maximum atomic E-state index is 13.4. The van der Waals surface area contributed by atoms with E-state index in [1.54, 1.807) is 17.0 Å². The minimum Gasteiger partial charge on any atom is -0.490 e. The highest BCUT2D eigenvalue weighted by molar-refractivity contribution is 6.42. The Kier molecular flexibility index (Phi) is 8.07. The van der Waals surface area contributed by atoms with E-state index in [0.29, 0.717) is 41.1 Å². The Bertz CT molecular complexity index is 966. The molecule has 0 radical (unpaired) electrons. The fraction of sp³-hybridized carbons (Fsp3) is 0.458. The average molecular weight is 499 g/mol. The van der Waals surface area contributed by atoms with E-state index in [4.69, 9.17) is 32.7 Å². The number of rotatable bonds is 6. The van der Waals surface area contributed by atoms with Crippen LogP contribution in [0.25, 0.3) is 0 Å². The van der Waals surface area contributed by atoms with Crippen LogP contribution in [0.5, 0.6) is 5.75 Å². The van der Waals surface area contributed by atoms with Crippen LogP contribution in [-0.2, 0) is 16.0 Å². The third kappa shape index (κ3) is 6.79. The van der Waals surface area contributed by atoms with Gasteiger partial charge in [0.1, 0.15) is 23.5 Å². The summed E-state index contributed by atoms with van der Waals surface area (Å²) in [5.74, 6) is -0.791. The molecule has 0 aliphatic carbocycles. The summed E-state index contributed by atoms with van der Waals surface area (Å²) in [5.41, 5.74) is 0.338. The molecule has 178 valence electrons. The van der Waals surface area contributed by atoms with Crippen LogP contribution in [0.3, 0.4) is 0 Å². The number of hydrogen-bond donors (Lipinski definition) is 0. The zero-order chi connectivity index (χ0) is 23.4. The summed E-state index contributed by atoms with van der Waals surface area (Å²) in [4.78, 5) is 16.7. The van der Waals surface area contributed by atoms with Crippen LogP contribution in [0.1, 0.15) is 18.4 Å². The molecule has 2 saturated heterocycles. The Balaban J connectivity index is 1.23. The van der Waals surface area contributed by atoms with E-state index in [0.717, 1.165) is 38.5 Å². The van der Waals surface area contributed by atoms with Gasteiger partial charge in [-0.1, -0.05) is 23.2 Å². The normalized spacial score (nSPS) is 20.1. The SMILES string of the molecule is O=C(Cc1cc(F)cc(F)c1)N1CCOC(CN2CCC(Oc3ccc(Cl)c(Cl)c3)CC2)C1. The van der Waals surface area contributed by atoms with Gasteiger partial charge >= 0.3 is 0 Å². The zero-order valence-corrected chi connectivity index (χ0v) is 19.6. The number of amides is 1. The molecule has 9 heteroatoms. The van der Waals surface area contributed by atoms with Crippen LogP contribution in [0, 0.1) is 11.6 Å². The number of ether oxygens (including phenoxy) is 2. The Morgan fingerprint density at radius 2 is 1.76 bits per heavy atom. The maximum absolute atomic E-state index is 13.4. The van der Waals surface area contributed by atoms with Gasteiger partial charge in [0.05, 0.1) is 29.2 Å². The second kappa shape index (κ2) is 11.0. The topological polar surface area (TPSA) is 42.0 Å². The highest BCUT2D eigenvalue weighted by atomic mass is 35.5. The molecule has 0 bridgehead atoms. The van der Waals surface area contributed by atoms with Gasteiger partial charge in [-0.2, -0.15) is 0 Å². The molecule has 2 fully saturated rings. The molecule has 1 unspecified atom stereocenters. The van der Waals surface area contributed by atoms with Crippen LogP contribution in [0.2, 0.25) is 10.0 Å². The van der Waals surface area contributed by atoms with Gasteiger partial charge in [0.2, 0.25) is 5.91 Å². The first-order valence-electron chi connectivity index (χ1n) is 11.0. The number of carbonyl (C=O) groups is 1. The lowest BCUT2D eigenvalue weighted by Gasteiger charge is -2.38. The van der Waals surface area contributed by atoms with Gasteiger partial charge in [-0.05, 0) is 42.7 Å². The van der Waals surface area contributed by atoms with Gasteiger partial charge in [-0.15, -0.1) is 0 Å². The summed E-state index contributed by atoms with van der Waals surface area (Å²) in [5, 5.41) is 0.977. The largest absolute Gasteiger partial charge is 0.490 e. The number of likely N-dealkylation sites (tertiary alicyclic amines) is 1.